The predicted molar refractivity (Wildman–Crippen MR) is 123 cm³/mol. The zero-order chi connectivity index (χ0) is 21.8. The lowest BCUT2D eigenvalue weighted by atomic mass is 10.1. The SMILES string of the molecule is CN=C(NCc1c(C)nn(-c2ccccc2)c1C)NC1CCN(C(=O)C2CCCC2)C1. The molecule has 7 heteroatoms. The third-order valence-electron chi connectivity index (χ3n) is 6.64. The van der Waals surface area contributed by atoms with Crippen molar-refractivity contribution in [1.29, 1.82) is 0 Å². The van der Waals surface area contributed by atoms with Crippen molar-refractivity contribution in [2.45, 2.75) is 58.5 Å². The number of aliphatic imine (C=N–C) groups is 1. The fourth-order valence-electron chi connectivity index (χ4n) is 4.82. The Kier molecular flexibility index (Phi) is 6.59. The van der Waals surface area contributed by atoms with E-state index in [1.807, 2.05) is 34.7 Å². The van der Waals surface area contributed by atoms with Gasteiger partial charge in [-0.05, 0) is 45.2 Å². The number of hydrogen-bond acceptors (Lipinski definition) is 3. The molecule has 2 fully saturated rings. The second-order valence-electron chi connectivity index (χ2n) is 8.72. The largest absolute Gasteiger partial charge is 0.352 e. The van der Waals surface area contributed by atoms with Crippen molar-refractivity contribution in [3.63, 3.8) is 0 Å². The number of aryl methyl sites for hydroxylation is 1. The van der Waals surface area contributed by atoms with Crippen LogP contribution in [0.15, 0.2) is 35.3 Å². The van der Waals surface area contributed by atoms with Gasteiger partial charge >= 0.3 is 0 Å². The maximum absolute atomic E-state index is 12.7. The summed E-state index contributed by atoms with van der Waals surface area (Å²) in [4.78, 5) is 19.1. The molecule has 31 heavy (non-hydrogen) atoms. The zero-order valence-electron chi connectivity index (χ0n) is 18.9. The molecule has 1 aromatic heterocycles. The first-order valence-electron chi connectivity index (χ1n) is 11.4. The van der Waals surface area contributed by atoms with E-state index in [1.165, 1.54) is 18.4 Å². The van der Waals surface area contributed by atoms with Crippen LogP contribution in [0.1, 0.15) is 49.1 Å². The smallest absolute Gasteiger partial charge is 0.225 e. The molecule has 2 N–H and O–H groups in total. The number of para-hydroxylation sites is 1. The standard InChI is InChI=1S/C24H34N6O/c1-17-22(18(2)30(28-17)21-11-5-4-6-12-21)15-26-24(25-3)27-20-13-14-29(16-20)23(31)19-9-7-8-10-19/h4-6,11-12,19-20H,7-10,13-16H2,1-3H3,(H2,25,26,27). The van der Waals surface area contributed by atoms with Crippen LogP contribution in [0, 0.1) is 19.8 Å². The molecule has 0 spiro atoms. The second-order valence-corrected chi connectivity index (χ2v) is 8.72. The van der Waals surface area contributed by atoms with Crippen LogP contribution >= 0.6 is 0 Å². The number of guanidine groups is 1. The summed E-state index contributed by atoms with van der Waals surface area (Å²) in [5.41, 5.74) is 4.38. The summed E-state index contributed by atoms with van der Waals surface area (Å²) in [5, 5.41) is 11.7. The van der Waals surface area contributed by atoms with Crippen molar-refractivity contribution in [2.75, 3.05) is 20.1 Å². The van der Waals surface area contributed by atoms with E-state index < -0.39 is 0 Å². The number of carbonyl (C=O) groups excluding carboxylic acids is 1. The Bertz CT molecular complexity index is 929. The number of likely N-dealkylation sites (tertiary alicyclic amines) is 1. The van der Waals surface area contributed by atoms with Gasteiger partial charge in [0.05, 0.1) is 11.4 Å². The Balaban J connectivity index is 1.33. The molecule has 7 nitrogen and oxygen atoms in total. The fraction of sp³-hybridized carbons (Fsp3) is 0.542. The number of benzene rings is 1. The quantitative estimate of drug-likeness (QED) is 0.574. The average Bonchev–Trinajstić information content (AvgIpc) is 3.53. The molecule has 2 heterocycles. The summed E-state index contributed by atoms with van der Waals surface area (Å²) in [6, 6.07) is 10.4. The molecule has 4 rings (SSSR count). The van der Waals surface area contributed by atoms with Gasteiger partial charge in [-0.1, -0.05) is 31.0 Å². The van der Waals surface area contributed by atoms with Crippen LogP contribution in [0.3, 0.4) is 0 Å². The van der Waals surface area contributed by atoms with Crippen LogP contribution in [0.5, 0.6) is 0 Å². The molecule has 1 saturated heterocycles. The molecule has 2 aliphatic rings. The molecule has 166 valence electrons. The number of rotatable bonds is 5. The minimum Gasteiger partial charge on any atom is -0.352 e. The van der Waals surface area contributed by atoms with Gasteiger partial charge < -0.3 is 15.5 Å². The lowest BCUT2D eigenvalue weighted by Crippen LogP contribution is -2.45. The van der Waals surface area contributed by atoms with E-state index in [0.29, 0.717) is 12.5 Å². The number of aromatic nitrogens is 2. The molecular weight excluding hydrogens is 388 g/mol. The molecule has 1 unspecified atom stereocenters. The Morgan fingerprint density at radius 3 is 2.61 bits per heavy atom. The Morgan fingerprint density at radius 2 is 1.90 bits per heavy atom. The number of nitrogens with zero attached hydrogens (tertiary/aromatic N) is 4. The minimum absolute atomic E-state index is 0.241. The van der Waals surface area contributed by atoms with Gasteiger partial charge in [0, 0.05) is 49.9 Å². The molecule has 2 aromatic rings. The van der Waals surface area contributed by atoms with Crippen molar-refractivity contribution < 1.29 is 4.79 Å². The number of amides is 1. The number of hydrogen-bond donors (Lipinski definition) is 2. The Morgan fingerprint density at radius 1 is 1.16 bits per heavy atom. The predicted octanol–water partition coefficient (Wildman–Crippen LogP) is 2.95. The highest BCUT2D eigenvalue weighted by Gasteiger charge is 2.32. The summed E-state index contributed by atoms with van der Waals surface area (Å²) < 4.78 is 1.99. The average molecular weight is 423 g/mol. The topological polar surface area (TPSA) is 74.6 Å². The third-order valence-corrected chi connectivity index (χ3v) is 6.64. The van der Waals surface area contributed by atoms with Crippen LogP contribution in [-0.4, -0.2) is 52.7 Å². The maximum Gasteiger partial charge on any atom is 0.225 e. The molecule has 1 aromatic carbocycles. The first kappa shape index (κ1) is 21.4. The van der Waals surface area contributed by atoms with Crippen LogP contribution < -0.4 is 10.6 Å². The molecule has 1 aliphatic heterocycles. The van der Waals surface area contributed by atoms with Crippen LogP contribution in [0.25, 0.3) is 5.69 Å². The Labute approximate surface area is 184 Å². The molecule has 1 saturated carbocycles. The molecule has 1 amide bonds. The van der Waals surface area contributed by atoms with Crippen molar-refractivity contribution >= 4 is 11.9 Å². The fourth-order valence-corrected chi connectivity index (χ4v) is 4.82. The second kappa shape index (κ2) is 9.54. The van der Waals surface area contributed by atoms with E-state index in [4.69, 9.17) is 5.10 Å². The van der Waals surface area contributed by atoms with E-state index in [-0.39, 0.29) is 12.0 Å². The van der Waals surface area contributed by atoms with Gasteiger partial charge in [-0.15, -0.1) is 0 Å². The van der Waals surface area contributed by atoms with Gasteiger partial charge in [0.1, 0.15) is 0 Å². The van der Waals surface area contributed by atoms with Crippen molar-refractivity contribution in [2.24, 2.45) is 10.9 Å². The number of carbonyl (C=O) groups is 1. The van der Waals surface area contributed by atoms with E-state index in [9.17, 15) is 4.79 Å². The lowest BCUT2D eigenvalue weighted by Gasteiger charge is -2.21. The van der Waals surface area contributed by atoms with Crippen LogP contribution in [0.2, 0.25) is 0 Å². The summed E-state index contributed by atoms with van der Waals surface area (Å²) in [7, 11) is 1.79. The van der Waals surface area contributed by atoms with E-state index in [1.54, 1.807) is 7.05 Å². The Hall–Kier alpha value is -2.83. The van der Waals surface area contributed by atoms with Gasteiger partial charge in [-0.3, -0.25) is 9.79 Å². The van der Waals surface area contributed by atoms with Crippen molar-refractivity contribution in [3.8, 4) is 5.69 Å². The molecule has 0 radical (unpaired) electrons. The van der Waals surface area contributed by atoms with Gasteiger partial charge in [0.2, 0.25) is 5.91 Å². The van der Waals surface area contributed by atoms with E-state index in [2.05, 4.69) is 34.7 Å². The molecular formula is C24H34N6O. The highest BCUT2D eigenvalue weighted by molar-refractivity contribution is 5.81. The van der Waals surface area contributed by atoms with Crippen molar-refractivity contribution in [1.82, 2.24) is 25.3 Å². The summed E-state index contributed by atoms with van der Waals surface area (Å²) >= 11 is 0. The molecule has 1 aliphatic carbocycles. The first-order valence-corrected chi connectivity index (χ1v) is 11.4. The normalized spacial score (nSPS) is 19.8. The summed E-state index contributed by atoms with van der Waals surface area (Å²) in [6.45, 7) is 6.40. The van der Waals surface area contributed by atoms with Crippen molar-refractivity contribution in [3.05, 3.63) is 47.3 Å². The third kappa shape index (κ3) is 4.75. The van der Waals surface area contributed by atoms with E-state index >= 15 is 0 Å². The van der Waals surface area contributed by atoms with Gasteiger partial charge in [-0.2, -0.15) is 5.10 Å². The van der Waals surface area contributed by atoms with Crippen LogP contribution in [-0.2, 0) is 11.3 Å². The van der Waals surface area contributed by atoms with Crippen LogP contribution in [0.4, 0.5) is 0 Å². The zero-order valence-corrected chi connectivity index (χ0v) is 18.9. The molecule has 1 atom stereocenters. The molecule has 0 bridgehead atoms. The van der Waals surface area contributed by atoms with E-state index in [0.717, 1.165) is 55.4 Å². The first-order chi connectivity index (χ1) is 15.1. The highest BCUT2D eigenvalue weighted by atomic mass is 16.2. The monoisotopic (exact) mass is 422 g/mol. The summed E-state index contributed by atoms with van der Waals surface area (Å²) in [5.74, 6) is 1.37. The van der Waals surface area contributed by atoms with Gasteiger partial charge in [0.25, 0.3) is 0 Å². The lowest BCUT2D eigenvalue weighted by molar-refractivity contribution is -0.134. The minimum atomic E-state index is 0.241. The van der Waals surface area contributed by atoms with Gasteiger partial charge in [0.15, 0.2) is 5.96 Å². The maximum atomic E-state index is 12.7. The van der Waals surface area contributed by atoms with Gasteiger partial charge in [-0.25, -0.2) is 4.68 Å². The highest BCUT2D eigenvalue weighted by Crippen LogP contribution is 2.27. The summed E-state index contributed by atoms with van der Waals surface area (Å²) in [6.07, 6.45) is 5.48. The number of nitrogens with one attached hydrogen (secondary N) is 2.